The Morgan fingerprint density at radius 3 is 2.69 bits per heavy atom. The van der Waals surface area contributed by atoms with Crippen LogP contribution in [0.2, 0.25) is 0 Å². The Bertz CT molecular complexity index is 522. The first-order valence-electron chi connectivity index (χ1n) is 4.62. The molecule has 1 heterocycles. The van der Waals surface area contributed by atoms with Crippen molar-refractivity contribution in [2.24, 2.45) is 0 Å². The number of benzene rings is 1. The van der Waals surface area contributed by atoms with Crippen molar-refractivity contribution in [3.63, 3.8) is 0 Å². The van der Waals surface area contributed by atoms with Crippen LogP contribution < -0.4 is 0 Å². The van der Waals surface area contributed by atoms with Crippen LogP contribution in [0, 0.1) is 0 Å². The van der Waals surface area contributed by atoms with Crippen LogP contribution in [0.1, 0.15) is 10.4 Å². The molecule has 0 spiro atoms. The van der Waals surface area contributed by atoms with Crippen LogP contribution >= 0.6 is 31.9 Å². The van der Waals surface area contributed by atoms with E-state index >= 15 is 0 Å². The number of hydrogen-bond donors (Lipinski definition) is 0. The first-order chi connectivity index (χ1) is 7.66. The second-order valence-electron chi connectivity index (χ2n) is 3.26. The number of carbonyl (C=O) groups excluding carboxylic acids is 1. The van der Waals surface area contributed by atoms with Crippen LogP contribution in [-0.4, -0.2) is 15.6 Å². The molecule has 5 heteroatoms. The van der Waals surface area contributed by atoms with Gasteiger partial charge in [-0.15, -0.1) is 0 Å². The summed E-state index contributed by atoms with van der Waals surface area (Å²) in [6.07, 6.45) is 3.43. The molecule has 0 saturated heterocycles. The molecule has 1 aromatic heterocycles. The molecule has 1 aromatic carbocycles. The first-order valence-corrected chi connectivity index (χ1v) is 6.21. The Balaban J connectivity index is 2.18. The molecule has 0 radical (unpaired) electrons. The van der Waals surface area contributed by atoms with Crippen molar-refractivity contribution in [1.29, 1.82) is 0 Å². The number of hydrogen-bond acceptors (Lipinski definition) is 2. The molecule has 0 aliphatic rings. The molecule has 0 saturated carbocycles. The van der Waals surface area contributed by atoms with Gasteiger partial charge >= 0.3 is 0 Å². The first kappa shape index (κ1) is 11.5. The molecule has 82 valence electrons. The van der Waals surface area contributed by atoms with E-state index in [-0.39, 0.29) is 12.3 Å². The maximum absolute atomic E-state index is 11.9. The lowest BCUT2D eigenvalue weighted by Crippen LogP contribution is -2.11. The molecule has 0 aliphatic heterocycles. The number of halogens is 2. The molecule has 16 heavy (non-hydrogen) atoms. The average Bonchev–Trinajstić information content (AvgIpc) is 2.64. The normalized spacial score (nSPS) is 10.4. The van der Waals surface area contributed by atoms with Crippen LogP contribution in [0.3, 0.4) is 0 Å². The van der Waals surface area contributed by atoms with Gasteiger partial charge in [-0.1, -0.05) is 34.1 Å². The molecule has 0 aliphatic carbocycles. The van der Waals surface area contributed by atoms with E-state index in [1.807, 2.05) is 18.2 Å². The minimum atomic E-state index is 0.0306. The Labute approximate surface area is 110 Å². The van der Waals surface area contributed by atoms with E-state index in [0.29, 0.717) is 5.56 Å². The predicted molar refractivity (Wildman–Crippen MR) is 68.4 cm³/mol. The minimum Gasteiger partial charge on any atom is -0.292 e. The maximum Gasteiger partial charge on any atom is 0.185 e. The predicted octanol–water partition coefficient (Wildman–Crippen LogP) is 3.29. The maximum atomic E-state index is 11.9. The van der Waals surface area contributed by atoms with E-state index in [9.17, 15) is 4.79 Å². The van der Waals surface area contributed by atoms with Gasteiger partial charge in [-0.2, -0.15) is 5.10 Å². The lowest BCUT2D eigenvalue weighted by molar-refractivity contribution is 0.0967. The average molecular weight is 344 g/mol. The quantitative estimate of drug-likeness (QED) is 0.801. The van der Waals surface area contributed by atoms with E-state index in [0.717, 1.165) is 8.95 Å². The van der Waals surface area contributed by atoms with Crippen molar-refractivity contribution in [1.82, 2.24) is 9.78 Å². The van der Waals surface area contributed by atoms with Crippen molar-refractivity contribution >= 4 is 37.6 Å². The summed E-state index contributed by atoms with van der Waals surface area (Å²) in [6, 6.07) is 7.37. The van der Waals surface area contributed by atoms with Gasteiger partial charge < -0.3 is 0 Å². The van der Waals surface area contributed by atoms with E-state index in [1.54, 1.807) is 23.1 Å². The summed E-state index contributed by atoms with van der Waals surface area (Å²) in [5.41, 5.74) is 0.675. The van der Waals surface area contributed by atoms with E-state index in [2.05, 4.69) is 37.0 Å². The fourth-order valence-electron chi connectivity index (χ4n) is 1.34. The second kappa shape index (κ2) is 4.93. The van der Waals surface area contributed by atoms with Crippen molar-refractivity contribution < 1.29 is 4.79 Å². The van der Waals surface area contributed by atoms with Crippen LogP contribution in [0.25, 0.3) is 0 Å². The van der Waals surface area contributed by atoms with Gasteiger partial charge in [-0.05, 0) is 22.0 Å². The van der Waals surface area contributed by atoms with Gasteiger partial charge in [-0.25, -0.2) is 0 Å². The fourth-order valence-corrected chi connectivity index (χ4v) is 2.18. The van der Waals surface area contributed by atoms with Gasteiger partial charge in [0.2, 0.25) is 0 Å². The smallest absolute Gasteiger partial charge is 0.185 e. The highest BCUT2D eigenvalue weighted by Crippen LogP contribution is 2.17. The summed E-state index contributed by atoms with van der Waals surface area (Å²) in [7, 11) is 0. The molecule has 2 aromatic rings. The fraction of sp³-hybridized carbons (Fsp3) is 0.0909. The van der Waals surface area contributed by atoms with E-state index in [1.165, 1.54) is 0 Å². The van der Waals surface area contributed by atoms with E-state index < -0.39 is 0 Å². The number of nitrogens with zero attached hydrogens (tertiary/aromatic N) is 2. The monoisotopic (exact) mass is 342 g/mol. The molecule has 0 unspecified atom stereocenters. The number of rotatable bonds is 3. The second-order valence-corrected chi connectivity index (χ2v) is 5.03. The Hall–Kier alpha value is -0.940. The van der Waals surface area contributed by atoms with E-state index in [4.69, 9.17) is 0 Å². The molecule has 0 amide bonds. The zero-order valence-electron chi connectivity index (χ0n) is 8.23. The number of ketones is 1. The number of carbonyl (C=O) groups is 1. The standard InChI is InChI=1S/C11H8Br2N2O/c12-8-5-14-15(6-8)7-11(16)9-3-1-2-4-10(9)13/h1-6H,7H2. The zero-order chi connectivity index (χ0) is 11.5. The summed E-state index contributed by atoms with van der Waals surface area (Å²) in [4.78, 5) is 11.9. The highest BCUT2D eigenvalue weighted by Gasteiger charge is 2.10. The van der Waals surface area contributed by atoms with Crippen molar-refractivity contribution in [3.8, 4) is 0 Å². The molecule has 0 bridgehead atoms. The highest BCUT2D eigenvalue weighted by atomic mass is 79.9. The van der Waals surface area contributed by atoms with Crippen molar-refractivity contribution in [2.75, 3.05) is 0 Å². The topological polar surface area (TPSA) is 34.9 Å². The third-order valence-electron chi connectivity index (χ3n) is 2.08. The summed E-state index contributed by atoms with van der Waals surface area (Å²) in [6.45, 7) is 0.244. The molecular weight excluding hydrogens is 336 g/mol. The highest BCUT2D eigenvalue weighted by molar-refractivity contribution is 9.10. The van der Waals surface area contributed by atoms with Crippen LogP contribution in [0.15, 0.2) is 45.6 Å². The Morgan fingerprint density at radius 1 is 1.31 bits per heavy atom. The van der Waals surface area contributed by atoms with Gasteiger partial charge in [-0.3, -0.25) is 9.48 Å². The van der Waals surface area contributed by atoms with Crippen LogP contribution in [-0.2, 0) is 6.54 Å². The molecule has 3 nitrogen and oxygen atoms in total. The summed E-state index contributed by atoms with van der Waals surface area (Å²) in [5, 5.41) is 4.04. The molecule has 0 N–H and O–H groups in total. The third kappa shape index (κ3) is 2.59. The lowest BCUT2D eigenvalue weighted by atomic mass is 10.1. The van der Waals surface area contributed by atoms with Gasteiger partial charge in [0.25, 0.3) is 0 Å². The molecule has 0 atom stereocenters. The van der Waals surface area contributed by atoms with Crippen molar-refractivity contribution in [3.05, 3.63) is 51.2 Å². The summed E-state index contributed by atoms with van der Waals surface area (Å²) >= 11 is 6.64. The zero-order valence-corrected chi connectivity index (χ0v) is 11.4. The lowest BCUT2D eigenvalue weighted by Gasteiger charge is -2.03. The van der Waals surface area contributed by atoms with Crippen molar-refractivity contribution in [2.45, 2.75) is 6.54 Å². The SMILES string of the molecule is O=C(Cn1cc(Br)cn1)c1ccccc1Br. The number of aromatic nitrogens is 2. The van der Waals surface area contributed by atoms with Gasteiger partial charge in [0, 0.05) is 16.2 Å². The van der Waals surface area contributed by atoms with Gasteiger partial charge in [0.05, 0.1) is 10.7 Å². The van der Waals surface area contributed by atoms with Crippen LogP contribution in [0.4, 0.5) is 0 Å². The molecule has 2 rings (SSSR count). The number of Topliss-reactive ketones (excluding diaryl/α,β-unsaturated/α-hetero) is 1. The molecule has 0 fully saturated rings. The Morgan fingerprint density at radius 2 is 2.06 bits per heavy atom. The van der Waals surface area contributed by atoms with Gasteiger partial charge in [0.15, 0.2) is 5.78 Å². The minimum absolute atomic E-state index is 0.0306. The Kier molecular flexibility index (Phi) is 3.56. The summed E-state index contributed by atoms with van der Waals surface area (Å²) < 4.78 is 3.28. The summed E-state index contributed by atoms with van der Waals surface area (Å²) in [5.74, 6) is 0.0306. The largest absolute Gasteiger partial charge is 0.292 e. The van der Waals surface area contributed by atoms with Gasteiger partial charge in [0.1, 0.15) is 6.54 Å². The molecular formula is C11H8Br2N2O. The van der Waals surface area contributed by atoms with Crippen LogP contribution in [0.5, 0.6) is 0 Å². The third-order valence-corrected chi connectivity index (χ3v) is 3.18.